The van der Waals surface area contributed by atoms with Crippen LogP contribution in [0.15, 0.2) is 29.0 Å². The third-order valence-electron chi connectivity index (χ3n) is 1.85. The molecule has 0 fully saturated rings. The number of allylic oxidation sites excluding steroid dienone is 3. The van der Waals surface area contributed by atoms with Gasteiger partial charge < -0.3 is 0 Å². The Kier molecular flexibility index (Phi) is 7.44. The SMILES string of the molecule is CCCC=C=C(C)CCC=C(C)C. The van der Waals surface area contributed by atoms with Gasteiger partial charge in [0.05, 0.1) is 0 Å². The summed E-state index contributed by atoms with van der Waals surface area (Å²) in [6.07, 6.45) is 9.10. The molecule has 0 radical (unpaired) electrons. The molecule has 0 aliphatic heterocycles. The molecule has 0 aromatic rings. The first-order valence-corrected chi connectivity index (χ1v) is 5.20. The zero-order chi connectivity index (χ0) is 10.1. The highest BCUT2D eigenvalue weighted by Crippen LogP contribution is 2.05. The van der Waals surface area contributed by atoms with E-state index in [0.29, 0.717) is 0 Å². The lowest BCUT2D eigenvalue weighted by molar-refractivity contribution is 0.947. The van der Waals surface area contributed by atoms with Crippen LogP contribution in [0.25, 0.3) is 0 Å². The van der Waals surface area contributed by atoms with E-state index in [1.54, 1.807) is 0 Å². The van der Waals surface area contributed by atoms with Crippen molar-refractivity contribution in [3.63, 3.8) is 0 Å². The number of hydrogen-bond acceptors (Lipinski definition) is 0. The maximum absolute atomic E-state index is 3.32. The molecule has 74 valence electrons. The average molecular weight is 178 g/mol. The summed E-state index contributed by atoms with van der Waals surface area (Å²) in [6.45, 7) is 8.64. The van der Waals surface area contributed by atoms with Crippen LogP contribution < -0.4 is 0 Å². The molecule has 0 heterocycles. The molecule has 0 spiro atoms. The van der Waals surface area contributed by atoms with Gasteiger partial charge in [0.25, 0.3) is 0 Å². The molecule has 0 unspecified atom stereocenters. The minimum atomic E-state index is 1.14. The molecule has 0 heteroatoms. The Morgan fingerprint density at radius 3 is 2.38 bits per heavy atom. The van der Waals surface area contributed by atoms with Crippen molar-refractivity contribution in [3.05, 3.63) is 29.0 Å². The molecule has 0 nitrogen and oxygen atoms in total. The van der Waals surface area contributed by atoms with Crippen molar-refractivity contribution in [1.82, 2.24) is 0 Å². The summed E-state index contributed by atoms with van der Waals surface area (Å²) in [6, 6.07) is 0. The van der Waals surface area contributed by atoms with Gasteiger partial charge in [-0.2, -0.15) is 0 Å². The largest absolute Gasteiger partial charge is 0.126 e. The normalized spacial score (nSPS) is 8.92. The van der Waals surface area contributed by atoms with Gasteiger partial charge in [-0.1, -0.05) is 25.0 Å². The third-order valence-corrected chi connectivity index (χ3v) is 1.85. The van der Waals surface area contributed by atoms with Gasteiger partial charge in [-0.25, -0.2) is 0 Å². The second kappa shape index (κ2) is 7.89. The van der Waals surface area contributed by atoms with Crippen molar-refractivity contribution < 1.29 is 0 Å². The smallest absolute Gasteiger partial charge is 0.0212 e. The van der Waals surface area contributed by atoms with Crippen LogP contribution in [0.1, 0.15) is 53.4 Å². The van der Waals surface area contributed by atoms with Gasteiger partial charge in [0.15, 0.2) is 0 Å². The summed E-state index contributed by atoms with van der Waals surface area (Å²) in [5.41, 5.74) is 6.09. The number of rotatable bonds is 5. The zero-order valence-electron chi connectivity index (χ0n) is 9.48. The monoisotopic (exact) mass is 178 g/mol. The predicted octanol–water partition coefficient (Wildman–Crippen LogP) is 4.63. The molecule has 13 heavy (non-hydrogen) atoms. The fraction of sp³-hybridized carbons (Fsp3) is 0.615. The van der Waals surface area contributed by atoms with Crippen molar-refractivity contribution in [3.8, 4) is 0 Å². The van der Waals surface area contributed by atoms with Crippen LogP contribution in [0.2, 0.25) is 0 Å². The van der Waals surface area contributed by atoms with E-state index >= 15 is 0 Å². The summed E-state index contributed by atoms with van der Waals surface area (Å²) in [7, 11) is 0. The van der Waals surface area contributed by atoms with Crippen molar-refractivity contribution >= 4 is 0 Å². The minimum Gasteiger partial charge on any atom is -0.126 e. The molecule has 0 saturated carbocycles. The molecular formula is C13H22. The molecule has 0 atom stereocenters. The fourth-order valence-corrected chi connectivity index (χ4v) is 1.04. The number of unbranched alkanes of at least 4 members (excludes halogenated alkanes) is 1. The highest BCUT2D eigenvalue weighted by atomic mass is 13.9. The first-order chi connectivity index (χ1) is 6.16. The van der Waals surface area contributed by atoms with E-state index in [2.05, 4.69) is 45.6 Å². The first kappa shape index (κ1) is 12.3. The van der Waals surface area contributed by atoms with Crippen LogP contribution in [0.5, 0.6) is 0 Å². The Bertz CT molecular complexity index is 208. The highest BCUT2D eigenvalue weighted by Gasteiger charge is 1.85. The van der Waals surface area contributed by atoms with E-state index < -0.39 is 0 Å². The van der Waals surface area contributed by atoms with E-state index in [9.17, 15) is 0 Å². The van der Waals surface area contributed by atoms with Gasteiger partial charge in [-0.15, -0.1) is 5.73 Å². The van der Waals surface area contributed by atoms with Crippen LogP contribution in [0.4, 0.5) is 0 Å². The van der Waals surface area contributed by atoms with Crippen molar-refractivity contribution in [2.75, 3.05) is 0 Å². The average Bonchev–Trinajstić information content (AvgIpc) is 2.04. The van der Waals surface area contributed by atoms with E-state index in [-0.39, 0.29) is 0 Å². The van der Waals surface area contributed by atoms with Crippen LogP contribution in [-0.4, -0.2) is 0 Å². The maximum Gasteiger partial charge on any atom is -0.0212 e. The van der Waals surface area contributed by atoms with Crippen LogP contribution in [0.3, 0.4) is 0 Å². The lowest BCUT2D eigenvalue weighted by Gasteiger charge is -1.94. The van der Waals surface area contributed by atoms with Gasteiger partial charge in [0.1, 0.15) is 0 Å². The molecule has 0 aliphatic carbocycles. The van der Waals surface area contributed by atoms with E-state index in [1.165, 1.54) is 17.6 Å². The molecule has 0 saturated heterocycles. The van der Waals surface area contributed by atoms with Crippen molar-refractivity contribution in [2.45, 2.75) is 53.4 Å². The van der Waals surface area contributed by atoms with Crippen molar-refractivity contribution in [2.24, 2.45) is 0 Å². The number of hydrogen-bond donors (Lipinski definition) is 0. The van der Waals surface area contributed by atoms with Crippen LogP contribution in [0, 0.1) is 0 Å². The predicted molar refractivity (Wildman–Crippen MR) is 60.8 cm³/mol. The summed E-state index contributed by atoms with van der Waals surface area (Å²) in [5.74, 6) is 0. The Morgan fingerprint density at radius 1 is 1.15 bits per heavy atom. The van der Waals surface area contributed by atoms with E-state index in [0.717, 1.165) is 19.3 Å². The summed E-state index contributed by atoms with van der Waals surface area (Å²) >= 11 is 0. The molecule has 0 aliphatic rings. The molecule has 0 N–H and O–H groups in total. The molecule has 0 bridgehead atoms. The van der Waals surface area contributed by atoms with Gasteiger partial charge in [0, 0.05) is 0 Å². The second-order valence-corrected chi connectivity index (χ2v) is 3.74. The Balaban J connectivity index is 3.79. The third kappa shape index (κ3) is 9.17. The fourth-order valence-electron chi connectivity index (χ4n) is 1.04. The van der Waals surface area contributed by atoms with Crippen LogP contribution >= 0.6 is 0 Å². The Morgan fingerprint density at radius 2 is 1.85 bits per heavy atom. The van der Waals surface area contributed by atoms with Gasteiger partial charge in [-0.05, 0) is 51.7 Å². The standard InChI is InChI=1S/C13H22/c1-5-6-7-10-13(4)11-8-9-12(2)3/h7,9H,5-6,8,11H2,1-4H3. The molecule has 0 rings (SSSR count). The molecule has 0 aromatic heterocycles. The lowest BCUT2D eigenvalue weighted by atomic mass is 10.1. The minimum absolute atomic E-state index is 1.14. The lowest BCUT2D eigenvalue weighted by Crippen LogP contribution is -1.74. The molecule has 0 amide bonds. The Labute approximate surface area is 83.0 Å². The molecular weight excluding hydrogens is 156 g/mol. The second-order valence-electron chi connectivity index (χ2n) is 3.74. The quantitative estimate of drug-likeness (QED) is 0.425. The summed E-state index contributed by atoms with van der Waals surface area (Å²) < 4.78 is 0. The van der Waals surface area contributed by atoms with E-state index in [1.807, 2.05) is 0 Å². The first-order valence-electron chi connectivity index (χ1n) is 5.20. The van der Waals surface area contributed by atoms with Gasteiger partial charge in [-0.3, -0.25) is 0 Å². The summed E-state index contributed by atoms with van der Waals surface area (Å²) in [4.78, 5) is 0. The molecule has 0 aromatic carbocycles. The highest BCUT2D eigenvalue weighted by molar-refractivity contribution is 5.01. The topological polar surface area (TPSA) is 0 Å². The van der Waals surface area contributed by atoms with Crippen LogP contribution in [-0.2, 0) is 0 Å². The van der Waals surface area contributed by atoms with Gasteiger partial charge in [0.2, 0.25) is 0 Å². The van der Waals surface area contributed by atoms with Gasteiger partial charge >= 0.3 is 0 Å². The Hall–Kier alpha value is -0.740. The summed E-state index contributed by atoms with van der Waals surface area (Å²) in [5, 5.41) is 0. The maximum atomic E-state index is 3.32. The zero-order valence-corrected chi connectivity index (χ0v) is 9.48. The van der Waals surface area contributed by atoms with E-state index in [4.69, 9.17) is 0 Å². The van der Waals surface area contributed by atoms with Crippen molar-refractivity contribution in [1.29, 1.82) is 0 Å².